The van der Waals surface area contributed by atoms with Crippen LogP contribution in [0.3, 0.4) is 0 Å². The largest absolute Gasteiger partial charge is 0.481 e. The van der Waals surface area contributed by atoms with E-state index in [9.17, 15) is 4.79 Å². The molecule has 1 atom stereocenters. The summed E-state index contributed by atoms with van der Waals surface area (Å²) in [5, 5.41) is 9.08. The minimum Gasteiger partial charge on any atom is -0.481 e. The lowest BCUT2D eigenvalue weighted by molar-refractivity contribution is -0.142. The molecule has 1 aromatic heterocycles. The number of anilines is 1. The molecule has 2 heterocycles. The predicted molar refractivity (Wildman–Crippen MR) is 71.2 cm³/mol. The first-order valence-electron chi connectivity index (χ1n) is 6.57. The zero-order chi connectivity index (χ0) is 13.2. The Morgan fingerprint density at radius 3 is 2.95 bits per heavy atom. The first-order valence-corrected chi connectivity index (χ1v) is 6.57. The highest BCUT2D eigenvalue weighted by atomic mass is 16.4. The highest BCUT2D eigenvalue weighted by Crippen LogP contribution is 2.25. The van der Waals surface area contributed by atoms with Crippen LogP contribution in [0.2, 0.25) is 0 Å². The van der Waals surface area contributed by atoms with Crippen molar-refractivity contribution in [3.63, 3.8) is 0 Å². The number of fused-ring (bicyclic) bond motifs is 1. The van der Waals surface area contributed by atoms with Crippen LogP contribution in [-0.4, -0.2) is 29.1 Å². The van der Waals surface area contributed by atoms with Crippen molar-refractivity contribution in [2.75, 3.05) is 18.0 Å². The van der Waals surface area contributed by atoms with Crippen LogP contribution in [0.15, 0.2) is 28.7 Å². The van der Waals surface area contributed by atoms with Crippen LogP contribution in [0, 0.1) is 5.92 Å². The molecule has 0 radical (unpaired) electrons. The van der Waals surface area contributed by atoms with Crippen molar-refractivity contribution in [1.82, 2.24) is 4.98 Å². The van der Waals surface area contributed by atoms with Gasteiger partial charge in [-0.25, -0.2) is 0 Å². The van der Waals surface area contributed by atoms with Crippen molar-refractivity contribution >= 4 is 23.1 Å². The number of nitrogens with zero attached hydrogens (tertiary/aromatic N) is 2. The quantitative estimate of drug-likeness (QED) is 0.898. The monoisotopic (exact) mass is 260 g/mol. The molecule has 1 aliphatic rings. The second-order valence-corrected chi connectivity index (χ2v) is 4.92. The number of oxazole rings is 1. The van der Waals surface area contributed by atoms with Gasteiger partial charge in [0.1, 0.15) is 5.52 Å². The van der Waals surface area contributed by atoms with Crippen LogP contribution in [-0.2, 0) is 4.79 Å². The van der Waals surface area contributed by atoms with E-state index in [0.717, 1.165) is 30.5 Å². The normalized spacial score (nSPS) is 20.4. The van der Waals surface area contributed by atoms with Gasteiger partial charge in [0.2, 0.25) is 0 Å². The van der Waals surface area contributed by atoms with E-state index >= 15 is 0 Å². The smallest absolute Gasteiger partial charge is 0.306 e. The van der Waals surface area contributed by atoms with Gasteiger partial charge in [-0.05, 0) is 31.4 Å². The highest BCUT2D eigenvalue weighted by Gasteiger charge is 2.24. The van der Waals surface area contributed by atoms with Gasteiger partial charge < -0.3 is 14.4 Å². The molecule has 1 aliphatic heterocycles. The van der Waals surface area contributed by atoms with Crippen LogP contribution < -0.4 is 4.90 Å². The molecule has 0 aliphatic carbocycles. The van der Waals surface area contributed by atoms with Crippen LogP contribution in [0.25, 0.3) is 11.1 Å². The highest BCUT2D eigenvalue weighted by molar-refractivity contribution is 5.74. The summed E-state index contributed by atoms with van der Waals surface area (Å²) in [5.41, 5.74) is 1.62. The fourth-order valence-corrected chi connectivity index (χ4v) is 2.53. The molecule has 1 N–H and O–H groups in total. The van der Waals surface area contributed by atoms with Gasteiger partial charge in [-0.3, -0.25) is 4.79 Å². The van der Waals surface area contributed by atoms with E-state index in [4.69, 9.17) is 9.52 Å². The standard InChI is InChI=1S/C14H16N2O3/c17-13(18)10-4-3-8-16(9-7-10)14-15-11-5-1-2-6-12(11)19-14/h1-2,5-6,10H,3-4,7-9H2,(H,17,18). The minimum atomic E-state index is -0.695. The van der Waals surface area contributed by atoms with Gasteiger partial charge in [-0.1, -0.05) is 12.1 Å². The molecule has 19 heavy (non-hydrogen) atoms. The number of aliphatic carboxylic acids is 1. The lowest BCUT2D eigenvalue weighted by atomic mass is 10.0. The SMILES string of the molecule is O=C(O)C1CCCN(c2nc3ccccc3o2)CC1. The number of benzene rings is 1. The third kappa shape index (κ3) is 2.41. The summed E-state index contributed by atoms with van der Waals surface area (Å²) in [6, 6.07) is 8.26. The predicted octanol–water partition coefficient (Wildman–Crippen LogP) is 2.52. The molecule has 0 saturated carbocycles. The third-order valence-electron chi connectivity index (χ3n) is 3.63. The Kier molecular flexibility index (Phi) is 3.11. The number of carboxylic acid groups (broad SMARTS) is 1. The molecule has 5 heteroatoms. The van der Waals surface area contributed by atoms with Crippen LogP contribution in [0.1, 0.15) is 19.3 Å². The van der Waals surface area contributed by atoms with Gasteiger partial charge in [-0.2, -0.15) is 4.98 Å². The molecule has 1 saturated heterocycles. The van der Waals surface area contributed by atoms with Gasteiger partial charge in [0.15, 0.2) is 5.58 Å². The summed E-state index contributed by atoms with van der Waals surface area (Å²) in [4.78, 5) is 17.5. The molecule has 0 amide bonds. The van der Waals surface area contributed by atoms with Gasteiger partial charge in [0.25, 0.3) is 6.01 Å². The van der Waals surface area contributed by atoms with Crippen molar-refractivity contribution < 1.29 is 14.3 Å². The second-order valence-electron chi connectivity index (χ2n) is 4.92. The number of carboxylic acids is 1. The molecule has 100 valence electrons. The van der Waals surface area contributed by atoms with Crippen molar-refractivity contribution in [2.45, 2.75) is 19.3 Å². The van der Waals surface area contributed by atoms with Gasteiger partial charge >= 0.3 is 5.97 Å². The second kappa shape index (κ2) is 4.91. The average molecular weight is 260 g/mol. The summed E-state index contributed by atoms with van der Waals surface area (Å²) in [6.07, 6.45) is 2.23. The van der Waals surface area contributed by atoms with Gasteiger partial charge in [0.05, 0.1) is 5.92 Å². The van der Waals surface area contributed by atoms with Gasteiger partial charge in [-0.15, -0.1) is 0 Å². The van der Waals surface area contributed by atoms with Crippen molar-refractivity contribution in [1.29, 1.82) is 0 Å². The number of carbonyl (C=O) groups is 1. The number of hydrogen-bond acceptors (Lipinski definition) is 4. The zero-order valence-corrected chi connectivity index (χ0v) is 10.6. The molecule has 1 aromatic carbocycles. The van der Waals surface area contributed by atoms with Crippen LogP contribution in [0.5, 0.6) is 0 Å². The fraction of sp³-hybridized carbons (Fsp3) is 0.429. The van der Waals surface area contributed by atoms with Crippen molar-refractivity contribution in [3.05, 3.63) is 24.3 Å². The summed E-state index contributed by atoms with van der Waals surface area (Å²) in [6.45, 7) is 1.49. The van der Waals surface area contributed by atoms with E-state index in [2.05, 4.69) is 4.98 Å². The molecular weight excluding hydrogens is 244 g/mol. The maximum Gasteiger partial charge on any atom is 0.306 e. The fourth-order valence-electron chi connectivity index (χ4n) is 2.53. The van der Waals surface area contributed by atoms with Crippen LogP contribution >= 0.6 is 0 Å². The lowest BCUT2D eigenvalue weighted by Crippen LogP contribution is -2.25. The summed E-state index contributed by atoms with van der Waals surface area (Å²) >= 11 is 0. The number of hydrogen-bond donors (Lipinski definition) is 1. The first kappa shape index (κ1) is 12.0. The first-order chi connectivity index (χ1) is 9.24. The Bertz CT molecular complexity index is 560. The van der Waals surface area contributed by atoms with Crippen molar-refractivity contribution in [2.24, 2.45) is 5.92 Å². The van der Waals surface area contributed by atoms with Crippen molar-refractivity contribution in [3.8, 4) is 0 Å². The number of aromatic nitrogens is 1. The lowest BCUT2D eigenvalue weighted by Gasteiger charge is -2.17. The molecule has 1 fully saturated rings. The van der Waals surface area contributed by atoms with E-state index in [1.807, 2.05) is 29.2 Å². The molecule has 0 spiro atoms. The molecule has 5 nitrogen and oxygen atoms in total. The number of rotatable bonds is 2. The van der Waals surface area contributed by atoms with Gasteiger partial charge in [0, 0.05) is 13.1 Å². The Balaban J connectivity index is 1.80. The molecule has 0 bridgehead atoms. The summed E-state index contributed by atoms with van der Waals surface area (Å²) < 4.78 is 5.73. The van der Waals surface area contributed by atoms with E-state index < -0.39 is 5.97 Å². The Morgan fingerprint density at radius 1 is 1.32 bits per heavy atom. The van der Waals surface area contributed by atoms with E-state index in [1.165, 1.54) is 0 Å². The van der Waals surface area contributed by atoms with E-state index in [1.54, 1.807) is 0 Å². The molecular formula is C14H16N2O3. The van der Waals surface area contributed by atoms with Crippen LogP contribution in [0.4, 0.5) is 6.01 Å². The summed E-state index contributed by atoms with van der Waals surface area (Å²) in [7, 11) is 0. The maximum atomic E-state index is 11.0. The maximum absolute atomic E-state index is 11.0. The Labute approximate surface area is 110 Å². The van der Waals surface area contributed by atoms with E-state index in [0.29, 0.717) is 19.0 Å². The third-order valence-corrected chi connectivity index (χ3v) is 3.63. The molecule has 1 unspecified atom stereocenters. The Hall–Kier alpha value is -2.04. The average Bonchev–Trinajstić information content (AvgIpc) is 2.67. The minimum absolute atomic E-state index is 0.241. The molecule has 2 aromatic rings. The Morgan fingerprint density at radius 2 is 2.16 bits per heavy atom. The topological polar surface area (TPSA) is 66.6 Å². The molecule has 3 rings (SSSR count). The zero-order valence-electron chi connectivity index (χ0n) is 10.6. The van der Waals surface area contributed by atoms with E-state index in [-0.39, 0.29) is 5.92 Å². The summed E-state index contributed by atoms with van der Waals surface area (Å²) in [5.74, 6) is -0.936. The number of para-hydroxylation sites is 2.